The molecule has 1 spiro atoms. The molecule has 0 aromatic heterocycles. The van der Waals surface area contributed by atoms with Gasteiger partial charge in [0.25, 0.3) is 5.91 Å². The van der Waals surface area contributed by atoms with E-state index in [2.05, 4.69) is 4.90 Å². The third-order valence-electron chi connectivity index (χ3n) is 8.52. The van der Waals surface area contributed by atoms with Crippen LogP contribution in [0.4, 0.5) is 0 Å². The number of benzene rings is 3. The van der Waals surface area contributed by atoms with Crippen LogP contribution in [-0.4, -0.2) is 89.9 Å². The fourth-order valence-corrected chi connectivity index (χ4v) is 6.21. The van der Waals surface area contributed by atoms with E-state index in [-0.39, 0.29) is 36.7 Å². The van der Waals surface area contributed by atoms with Crippen LogP contribution in [0.25, 0.3) is 0 Å². The number of rotatable bonds is 10. The van der Waals surface area contributed by atoms with Crippen LogP contribution >= 0.6 is 11.6 Å². The van der Waals surface area contributed by atoms with Gasteiger partial charge in [-0.25, -0.2) is 5.06 Å². The van der Waals surface area contributed by atoms with Gasteiger partial charge in [0, 0.05) is 50.0 Å². The van der Waals surface area contributed by atoms with E-state index < -0.39 is 17.6 Å². The van der Waals surface area contributed by atoms with Crippen molar-refractivity contribution in [3.63, 3.8) is 0 Å². The zero-order valence-electron chi connectivity index (χ0n) is 25.5. The normalized spacial score (nSPS) is 21.3. The molecular weight excluding hydrogens is 600 g/mol. The Kier molecular flexibility index (Phi) is 9.12. The fraction of sp³-hybridized carbons (Fsp3) is 0.441. The summed E-state index contributed by atoms with van der Waals surface area (Å²) >= 11 is 6.18. The number of piperidine rings is 1. The molecule has 0 bridgehead atoms. The van der Waals surface area contributed by atoms with Crippen molar-refractivity contribution < 1.29 is 38.8 Å². The fourth-order valence-electron chi connectivity index (χ4n) is 6.02. The lowest BCUT2D eigenvalue weighted by molar-refractivity contribution is -0.0799. The van der Waals surface area contributed by atoms with Crippen molar-refractivity contribution in [2.45, 2.75) is 50.1 Å². The van der Waals surface area contributed by atoms with E-state index in [0.717, 1.165) is 60.0 Å². The molecule has 0 aliphatic carbocycles. The van der Waals surface area contributed by atoms with Gasteiger partial charge in [0.15, 0.2) is 0 Å². The van der Waals surface area contributed by atoms with Gasteiger partial charge in [-0.05, 0) is 60.5 Å². The molecule has 45 heavy (non-hydrogen) atoms. The smallest absolute Gasteiger partial charge is 0.281 e. The number of aliphatic hydroxyl groups is 2. The first-order valence-electron chi connectivity index (χ1n) is 15.2. The zero-order valence-corrected chi connectivity index (χ0v) is 26.3. The Morgan fingerprint density at radius 2 is 1.80 bits per heavy atom. The van der Waals surface area contributed by atoms with E-state index in [1.54, 1.807) is 32.2 Å². The summed E-state index contributed by atoms with van der Waals surface area (Å²) in [6.07, 6.45) is 1.74. The number of halogens is 1. The van der Waals surface area contributed by atoms with E-state index in [9.17, 15) is 15.0 Å². The number of nitrogens with zero attached hydrogens (tertiary/aromatic N) is 2. The van der Waals surface area contributed by atoms with E-state index in [4.69, 9.17) is 35.4 Å². The second-order valence-corrected chi connectivity index (χ2v) is 12.8. The van der Waals surface area contributed by atoms with Crippen LogP contribution in [0.2, 0.25) is 5.02 Å². The van der Waals surface area contributed by atoms with Gasteiger partial charge < -0.3 is 34.1 Å². The Hall–Kier alpha value is -3.54. The highest BCUT2D eigenvalue weighted by Gasteiger charge is 2.42. The molecule has 2 fully saturated rings. The molecule has 2 saturated heterocycles. The zero-order chi connectivity index (χ0) is 31.6. The van der Waals surface area contributed by atoms with Crippen molar-refractivity contribution in [1.82, 2.24) is 9.96 Å². The van der Waals surface area contributed by atoms with Crippen molar-refractivity contribution in [1.29, 1.82) is 0 Å². The van der Waals surface area contributed by atoms with Gasteiger partial charge in [-0.2, -0.15) is 0 Å². The maximum absolute atomic E-state index is 13.4. The number of carbonyl (C=O) groups is 1. The van der Waals surface area contributed by atoms with Crippen molar-refractivity contribution in [3.8, 4) is 23.0 Å². The molecule has 0 saturated carbocycles. The Bertz CT molecular complexity index is 1510. The van der Waals surface area contributed by atoms with Crippen molar-refractivity contribution in [3.05, 3.63) is 82.4 Å². The lowest BCUT2D eigenvalue weighted by Crippen LogP contribution is -2.49. The molecular formula is C34H39ClN2O8. The predicted octanol–water partition coefficient (Wildman–Crippen LogP) is 4.28. The quantitative estimate of drug-likeness (QED) is 0.336. The number of likely N-dealkylation sites (tertiary alicyclic amines) is 1. The van der Waals surface area contributed by atoms with Gasteiger partial charge in [-0.1, -0.05) is 23.7 Å². The highest BCUT2D eigenvalue weighted by atomic mass is 35.5. The summed E-state index contributed by atoms with van der Waals surface area (Å²) in [5.41, 5.74) is 0.971. The van der Waals surface area contributed by atoms with Crippen LogP contribution in [0.1, 0.15) is 41.3 Å². The monoisotopic (exact) mass is 638 g/mol. The number of fused-ring (bicyclic) bond motifs is 1. The standard InChI is InChI=1S/C34H39ClN2O8/c1-33(40)21-37(44-22-33)32(39)29-9-8-28(42-19-23-3-6-27(41-2)7-4-23)16-31(29)43-20-26(38)18-36-13-11-34(12-14-36)17-24-15-25(35)5-10-30(24)45-34/h3-10,15-16,26,38,40H,11-14,17-22H2,1-2H3/t26-,33-/m1/s1. The maximum atomic E-state index is 13.4. The van der Waals surface area contributed by atoms with Gasteiger partial charge in [-0.3, -0.25) is 9.63 Å². The molecule has 10 nitrogen and oxygen atoms in total. The van der Waals surface area contributed by atoms with Gasteiger partial charge in [0.2, 0.25) is 0 Å². The summed E-state index contributed by atoms with van der Waals surface area (Å²) in [6, 6.07) is 18.3. The second kappa shape index (κ2) is 13.1. The molecule has 3 aliphatic rings. The van der Waals surface area contributed by atoms with Crippen molar-refractivity contribution in [2.24, 2.45) is 0 Å². The number of β-amino-alcohol motifs (C(OH)–C–C–N with tert-alkyl or cyclic N) is 2. The lowest BCUT2D eigenvalue weighted by Gasteiger charge is -2.39. The Morgan fingerprint density at radius 3 is 2.51 bits per heavy atom. The van der Waals surface area contributed by atoms with Crippen LogP contribution in [0.15, 0.2) is 60.7 Å². The number of hydroxylamine groups is 2. The van der Waals surface area contributed by atoms with Gasteiger partial charge >= 0.3 is 0 Å². The van der Waals surface area contributed by atoms with Gasteiger partial charge in [0.1, 0.15) is 60.1 Å². The molecule has 3 aliphatic heterocycles. The van der Waals surface area contributed by atoms with Gasteiger partial charge in [0.05, 0.1) is 19.2 Å². The van der Waals surface area contributed by atoms with Crippen LogP contribution < -0.4 is 18.9 Å². The first-order valence-corrected chi connectivity index (χ1v) is 15.6. The summed E-state index contributed by atoms with van der Waals surface area (Å²) in [5, 5.41) is 23.1. The first kappa shape index (κ1) is 31.4. The average Bonchev–Trinajstić information content (AvgIpc) is 3.58. The molecule has 2 atom stereocenters. The molecule has 3 aromatic rings. The summed E-state index contributed by atoms with van der Waals surface area (Å²) in [4.78, 5) is 21.0. The lowest BCUT2D eigenvalue weighted by atomic mass is 9.87. The third kappa shape index (κ3) is 7.48. The maximum Gasteiger partial charge on any atom is 0.281 e. The summed E-state index contributed by atoms with van der Waals surface area (Å²) < 4.78 is 23.6. The van der Waals surface area contributed by atoms with Gasteiger partial charge in [-0.15, -0.1) is 0 Å². The highest BCUT2D eigenvalue weighted by Crippen LogP contribution is 2.42. The molecule has 2 N–H and O–H groups in total. The third-order valence-corrected chi connectivity index (χ3v) is 8.75. The molecule has 1 amide bonds. The largest absolute Gasteiger partial charge is 0.497 e. The van der Waals surface area contributed by atoms with Crippen LogP contribution in [0.5, 0.6) is 23.0 Å². The van der Waals surface area contributed by atoms with E-state index >= 15 is 0 Å². The summed E-state index contributed by atoms with van der Waals surface area (Å²) in [7, 11) is 1.62. The van der Waals surface area contributed by atoms with Crippen molar-refractivity contribution >= 4 is 17.5 Å². The molecule has 3 heterocycles. The first-order chi connectivity index (χ1) is 21.6. The van der Waals surface area contributed by atoms with E-state index in [1.807, 2.05) is 42.5 Å². The minimum atomic E-state index is -1.14. The molecule has 240 valence electrons. The minimum Gasteiger partial charge on any atom is -0.497 e. The highest BCUT2D eigenvalue weighted by molar-refractivity contribution is 6.30. The number of carbonyl (C=O) groups excluding carboxylic acids is 1. The van der Waals surface area contributed by atoms with E-state index in [0.29, 0.717) is 23.9 Å². The Labute approximate surface area is 267 Å². The SMILES string of the molecule is COc1ccc(COc2ccc(C(=O)N3C[C@@](C)(O)CO3)c(OC[C@H](O)CN3CCC4(CC3)Cc3cc(Cl)ccc3O4)c2)cc1. The number of ether oxygens (including phenoxy) is 4. The molecule has 0 radical (unpaired) electrons. The van der Waals surface area contributed by atoms with Crippen LogP contribution in [0.3, 0.4) is 0 Å². The molecule has 0 unspecified atom stereocenters. The van der Waals surface area contributed by atoms with E-state index in [1.165, 1.54) is 0 Å². The number of methoxy groups -OCH3 is 1. The number of aliphatic hydroxyl groups excluding tert-OH is 1. The Balaban J connectivity index is 1.07. The average molecular weight is 639 g/mol. The minimum absolute atomic E-state index is 0.0126. The van der Waals surface area contributed by atoms with Crippen molar-refractivity contribution in [2.75, 3.05) is 46.5 Å². The molecule has 6 rings (SSSR count). The Morgan fingerprint density at radius 1 is 1.04 bits per heavy atom. The second-order valence-electron chi connectivity index (χ2n) is 12.4. The van der Waals surface area contributed by atoms with Crippen LogP contribution in [-0.2, 0) is 17.9 Å². The molecule has 3 aromatic carbocycles. The number of amides is 1. The summed E-state index contributed by atoms with van der Waals surface area (Å²) in [5.74, 6) is 1.98. The summed E-state index contributed by atoms with van der Waals surface area (Å²) in [6.45, 7) is 3.91. The van der Waals surface area contributed by atoms with Crippen LogP contribution in [0, 0.1) is 0 Å². The topological polar surface area (TPSA) is 110 Å². The molecule has 11 heteroatoms. The predicted molar refractivity (Wildman–Crippen MR) is 167 cm³/mol. The number of hydrogen-bond donors (Lipinski definition) is 2. The number of hydrogen-bond acceptors (Lipinski definition) is 9.